The first-order valence-corrected chi connectivity index (χ1v) is 7.08. The highest BCUT2D eigenvalue weighted by Gasteiger charge is 2.32. The Morgan fingerprint density at radius 1 is 1.18 bits per heavy atom. The summed E-state index contributed by atoms with van der Waals surface area (Å²) in [6.07, 6.45) is 0. The third kappa shape index (κ3) is 1.99. The monoisotopic (exact) mass is 383 g/mol. The summed E-state index contributed by atoms with van der Waals surface area (Å²) in [5, 5.41) is 11.7. The van der Waals surface area contributed by atoms with Crippen LogP contribution in [0.3, 0.4) is 0 Å². The van der Waals surface area contributed by atoms with Crippen molar-refractivity contribution in [1.29, 1.82) is 0 Å². The van der Waals surface area contributed by atoms with E-state index in [1.165, 1.54) is 12.1 Å². The molecule has 3 rings (SSSR count). The molecule has 2 amide bonds. The number of fused-ring (bicyclic) bond motifs is 1. The van der Waals surface area contributed by atoms with E-state index < -0.39 is 17.4 Å². The topological polar surface area (TPSA) is 114 Å². The number of aromatic nitrogens is 1. The minimum Gasteiger partial charge on any atom is -0.505 e. The average Bonchev–Trinajstić information content (AvgIpc) is 2.71. The van der Waals surface area contributed by atoms with Crippen molar-refractivity contribution < 1.29 is 14.7 Å². The van der Waals surface area contributed by atoms with E-state index in [0.717, 1.165) is 10.6 Å². The van der Waals surface area contributed by atoms with Crippen molar-refractivity contribution in [3.05, 3.63) is 49.2 Å². The molecular formula is C13H7BrClN3O4. The smallest absolute Gasteiger partial charge is 0.262 e. The molecule has 2 heterocycles. The molecule has 1 aliphatic heterocycles. The Bertz CT molecular complexity index is 899. The SMILES string of the molecule is Nc1c2c(cc(=O)n1-c1cc(Cl)c(O)c(Br)c1)C(=O)NC2=O. The molecule has 22 heavy (non-hydrogen) atoms. The summed E-state index contributed by atoms with van der Waals surface area (Å²) in [6.45, 7) is 0. The number of imide groups is 1. The van der Waals surface area contributed by atoms with Crippen LogP contribution >= 0.6 is 27.5 Å². The van der Waals surface area contributed by atoms with Gasteiger partial charge in [0, 0.05) is 6.07 Å². The molecule has 2 aromatic rings. The molecule has 9 heteroatoms. The zero-order valence-electron chi connectivity index (χ0n) is 10.7. The zero-order valence-corrected chi connectivity index (χ0v) is 13.0. The highest BCUT2D eigenvalue weighted by Crippen LogP contribution is 2.35. The van der Waals surface area contributed by atoms with Gasteiger partial charge in [-0.2, -0.15) is 0 Å². The van der Waals surface area contributed by atoms with Crippen LogP contribution in [-0.2, 0) is 0 Å². The van der Waals surface area contributed by atoms with Gasteiger partial charge in [0.1, 0.15) is 11.6 Å². The van der Waals surface area contributed by atoms with Gasteiger partial charge in [0.25, 0.3) is 17.4 Å². The van der Waals surface area contributed by atoms with E-state index in [-0.39, 0.29) is 37.9 Å². The lowest BCUT2D eigenvalue weighted by Gasteiger charge is -2.13. The summed E-state index contributed by atoms with van der Waals surface area (Å²) in [5.41, 5.74) is 5.40. The van der Waals surface area contributed by atoms with E-state index in [0.29, 0.717) is 0 Å². The fourth-order valence-electron chi connectivity index (χ4n) is 2.23. The van der Waals surface area contributed by atoms with Crippen LogP contribution < -0.4 is 16.6 Å². The molecule has 0 bridgehead atoms. The number of phenols is 1. The Morgan fingerprint density at radius 2 is 1.86 bits per heavy atom. The van der Waals surface area contributed by atoms with Crippen molar-refractivity contribution >= 4 is 45.2 Å². The Hall–Kier alpha value is -2.32. The Kier molecular flexibility index (Phi) is 3.22. The molecule has 0 atom stereocenters. The molecule has 0 saturated heterocycles. The van der Waals surface area contributed by atoms with E-state index in [1.807, 2.05) is 0 Å². The lowest BCUT2D eigenvalue weighted by Crippen LogP contribution is -2.24. The molecule has 4 N–H and O–H groups in total. The first kappa shape index (κ1) is 14.6. The van der Waals surface area contributed by atoms with Gasteiger partial charge in [-0.15, -0.1) is 0 Å². The van der Waals surface area contributed by atoms with Crippen molar-refractivity contribution in [2.45, 2.75) is 0 Å². The van der Waals surface area contributed by atoms with E-state index in [2.05, 4.69) is 21.2 Å². The van der Waals surface area contributed by atoms with Gasteiger partial charge in [0.05, 0.1) is 26.3 Å². The number of benzene rings is 1. The van der Waals surface area contributed by atoms with Crippen LogP contribution in [0.5, 0.6) is 5.75 Å². The molecule has 1 aromatic heterocycles. The normalized spacial score (nSPS) is 13.2. The molecule has 112 valence electrons. The van der Waals surface area contributed by atoms with Crippen LogP contribution in [-0.4, -0.2) is 21.5 Å². The van der Waals surface area contributed by atoms with E-state index >= 15 is 0 Å². The summed E-state index contributed by atoms with van der Waals surface area (Å²) in [4.78, 5) is 35.6. The van der Waals surface area contributed by atoms with Crippen LogP contribution in [0, 0.1) is 0 Å². The number of nitrogens with one attached hydrogen (secondary N) is 1. The number of rotatable bonds is 1. The van der Waals surface area contributed by atoms with Crippen molar-refractivity contribution in [2.75, 3.05) is 5.73 Å². The first-order valence-electron chi connectivity index (χ1n) is 5.91. The van der Waals surface area contributed by atoms with Gasteiger partial charge in [0.2, 0.25) is 0 Å². The van der Waals surface area contributed by atoms with Gasteiger partial charge in [-0.3, -0.25) is 24.3 Å². The van der Waals surface area contributed by atoms with Crippen molar-refractivity contribution in [1.82, 2.24) is 9.88 Å². The zero-order chi connectivity index (χ0) is 16.2. The fourth-order valence-corrected chi connectivity index (χ4v) is 3.00. The highest BCUT2D eigenvalue weighted by atomic mass is 79.9. The number of nitrogen functional groups attached to an aromatic ring is 1. The van der Waals surface area contributed by atoms with Gasteiger partial charge in [-0.25, -0.2) is 0 Å². The Labute approximate surface area is 136 Å². The summed E-state index contributed by atoms with van der Waals surface area (Å²) >= 11 is 8.98. The second kappa shape index (κ2) is 4.85. The van der Waals surface area contributed by atoms with Crippen LogP contribution in [0.25, 0.3) is 5.69 Å². The summed E-state index contributed by atoms with van der Waals surface area (Å²) in [5.74, 6) is -1.71. The van der Waals surface area contributed by atoms with E-state index in [4.69, 9.17) is 17.3 Å². The third-order valence-electron chi connectivity index (χ3n) is 3.21. The number of phenolic OH excluding ortho intramolecular Hbond substituents is 1. The highest BCUT2D eigenvalue weighted by molar-refractivity contribution is 9.10. The summed E-state index contributed by atoms with van der Waals surface area (Å²) in [7, 11) is 0. The number of hydrogen-bond acceptors (Lipinski definition) is 5. The average molecular weight is 385 g/mol. The maximum Gasteiger partial charge on any atom is 0.262 e. The number of amides is 2. The molecule has 0 saturated carbocycles. The molecular weight excluding hydrogens is 378 g/mol. The minimum absolute atomic E-state index is 0.00305. The number of nitrogens with zero attached hydrogens (tertiary/aromatic N) is 1. The lowest BCUT2D eigenvalue weighted by atomic mass is 10.1. The van der Waals surface area contributed by atoms with Crippen LogP contribution in [0.2, 0.25) is 5.02 Å². The van der Waals surface area contributed by atoms with Crippen molar-refractivity contribution in [2.24, 2.45) is 0 Å². The largest absolute Gasteiger partial charge is 0.505 e. The van der Waals surface area contributed by atoms with Crippen molar-refractivity contribution in [3.63, 3.8) is 0 Å². The number of halogens is 2. The number of pyridine rings is 1. The fraction of sp³-hybridized carbons (Fsp3) is 0. The number of aromatic hydroxyl groups is 1. The predicted octanol–water partition coefficient (Wildman–Crippen LogP) is 1.42. The summed E-state index contributed by atoms with van der Waals surface area (Å²) < 4.78 is 1.29. The number of carbonyl (C=O) groups excluding carboxylic acids is 2. The van der Waals surface area contributed by atoms with E-state index in [9.17, 15) is 19.5 Å². The number of carbonyl (C=O) groups is 2. The maximum atomic E-state index is 12.2. The van der Waals surface area contributed by atoms with Gasteiger partial charge in [-0.1, -0.05) is 11.6 Å². The molecule has 1 aromatic carbocycles. The van der Waals surface area contributed by atoms with E-state index in [1.54, 1.807) is 0 Å². The van der Waals surface area contributed by atoms with Crippen LogP contribution in [0.4, 0.5) is 5.82 Å². The Balaban J connectivity index is 2.35. The molecule has 7 nitrogen and oxygen atoms in total. The molecule has 0 aliphatic carbocycles. The molecule has 1 aliphatic rings. The Morgan fingerprint density at radius 3 is 2.50 bits per heavy atom. The summed E-state index contributed by atoms with van der Waals surface area (Å²) in [6, 6.07) is 3.76. The molecule has 0 unspecified atom stereocenters. The second-order valence-electron chi connectivity index (χ2n) is 4.53. The van der Waals surface area contributed by atoms with Crippen LogP contribution in [0.1, 0.15) is 20.7 Å². The number of hydrogen-bond donors (Lipinski definition) is 3. The van der Waals surface area contributed by atoms with Crippen molar-refractivity contribution in [3.8, 4) is 11.4 Å². The third-order valence-corrected chi connectivity index (χ3v) is 4.11. The quantitative estimate of drug-likeness (QED) is 0.643. The first-order chi connectivity index (χ1) is 10.3. The number of anilines is 1. The predicted molar refractivity (Wildman–Crippen MR) is 82.6 cm³/mol. The minimum atomic E-state index is -0.671. The van der Waals surface area contributed by atoms with Gasteiger partial charge < -0.3 is 10.8 Å². The molecule has 0 fully saturated rings. The van der Waals surface area contributed by atoms with Gasteiger partial charge in [-0.05, 0) is 28.1 Å². The standard InChI is InChI=1S/C13H7BrClN3O4/c14-6-1-4(2-7(15)10(6)20)18-8(19)3-5-9(11(18)16)13(22)17-12(5)21/h1-3,20H,16H2,(H,17,21,22). The maximum absolute atomic E-state index is 12.2. The van der Waals surface area contributed by atoms with Gasteiger partial charge in [0.15, 0.2) is 0 Å². The van der Waals surface area contributed by atoms with Gasteiger partial charge >= 0.3 is 0 Å². The second-order valence-corrected chi connectivity index (χ2v) is 5.79. The molecule has 0 radical (unpaired) electrons. The molecule has 0 spiro atoms. The number of nitrogens with two attached hydrogens (primary N) is 1. The van der Waals surface area contributed by atoms with Crippen LogP contribution in [0.15, 0.2) is 27.5 Å². The lowest BCUT2D eigenvalue weighted by molar-refractivity contribution is 0.0880.